The van der Waals surface area contributed by atoms with E-state index in [0.717, 1.165) is 43.1 Å². The Balaban J connectivity index is 1.79. The number of ketones is 1. The van der Waals surface area contributed by atoms with Crippen LogP contribution in [0.4, 0.5) is 0 Å². The number of hydrogen-bond acceptors (Lipinski definition) is 3. The molecule has 0 unspecified atom stereocenters. The van der Waals surface area contributed by atoms with E-state index in [1.54, 1.807) is 0 Å². The van der Waals surface area contributed by atoms with Gasteiger partial charge in [0.1, 0.15) is 5.69 Å². The molecule has 0 fully saturated rings. The van der Waals surface area contributed by atoms with Gasteiger partial charge in [0.05, 0.1) is 12.2 Å². The molecule has 0 aliphatic heterocycles. The fourth-order valence-corrected chi connectivity index (χ4v) is 6.77. The van der Waals surface area contributed by atoms with Gasteiger partial charge >= 0.3 is 5.97 Å². The van der Waals surface area contributed by atoms with Crippen molar-refractivity contribution in [3.63, 3.8) is 0 Å². The van der Waals surface area contributed by atoms with Crippen LogP contribution in [0.5, 0.6) is 0 Å². The lowest BCUT2D eigenvalue weighted by Gasteiger charge is -2.11. The number of esters is 1. The van der Waals surface area contributed by atoms with Crippen LogP contribution in [0.15, 0.2) is 24.3 Å². The van der Waals surface area contributed by atoms with E-state index in [1.807, 2.05) is 25.1 Å². The number of Topliss-reactive ketones (excluding diaryl/α,β-unsaturated/α-hetero) is 1. The maximum atomic E-state index is 13.7. The molecule has 0 radical (unpaired) electrons. The lowest BCUT2D eigenvalue weighted by atomic mass is 10.00. The summed E-state index contributed by atoms with van der Waals surface area (Å²) in [6.45, 7) is 7.44. The number of carbonyl (C=O) groups excluding carboxylic acids is 2. The maximum absolute atomic E-state index is 13.7. The number of aryl methyl sites for hydroxylation is 1. The number of rotatable bonds is 30. The minimum Gasteiger partial charge on any atom is -0.461 e. The molecule has 0 aliphatic rings. The van der Waals surface area contributed by atoms with Crippen LogP contribution in [0.3, 0.4) is 0 Å². The lowest BCUT2D eigenvalue weighted by molar-refractivity contribution is 0.0510. The van der Waals surface area contributed by atoms with Gasteiger partial charge < -0.3 is 9.30 Å². The molecule has 256 valence electrons. The minimum atomic E-state index is -0.361. The van der Waals surface area contributed by atoms with E-state index in [4.69, 9.17) is 4.74 Å². The van der Waals surface area contributed by atoms with Crippen molar-refractivity contribution in [2.45, 2.75) is 194 Å². The average molecular weight is 624 g/mol. The predicted octanol–water partition coefficient (Wildman–Crippen LogP) is 13.2. The Hall–Kier alpha value is -2.10. The highest BCUT2D eigenvalue weighted by Crippen LogP contribution is 2.30. The average Bonchev–Trinajstić information content (AvgIpc) is 3.38. The van der Waals surface area contributed by atoms with Gasteiger partial charge in [-0.1, -0.05) is 180 Å². The zero-order valence-electron chi connectivity index (χ0n) is 29.8. The second-order valence-corrected chi connectivity index (χ2v) is 13.4. The Morgan fingerprint density at radius 2 is 0.978 bits per heavy atom. The molecule has 0 saturated heterocycles. The Bertz CT molecular complexity index is 1040. The Kier molecular flexibility index (Phi) is 22.6. The molecule has 1 aromatic carbocycles. The van der Waals surface area contributed by atoms with Crippen LogP contribution in [0.2, 0.25) is 0 Å². The normalized spacial score (nSPS) is 11.4. The molecule has 0 aliphatic carbocycles. The van der Waals surface area contributed by atoms with Crippen LogP contribution >= 0.6 is 0 Å². The lowest BCUT2D eigenvalue weighted by Crippen LogP contribution is -2.16. The molecule has 1 aromatic heterocycles. The highest BCUT2D eigenvalue weighted by molar-refractivity contribution is 6.15. The maximum Gasteiger partial charge on any atom is 0.355 e. The number of fused-ring (bicyclic) bond motifs is 1. The van der Waals surface area contributed by atoms with E-state index in [9.17, 15) is 9.59 Å². The Morgan fingerprint density at radius 1 is 0.556 bits per heavy atom. The second-order valence-electron chi connectivity index (χ2n) is 13.4. The first-order valence-corrected chi connectivity index (χ1v) is 19.5. The molecule has 0 spiro atoms. The van der Waals surface area contributed by atoms with Crippen molar-refractivity contribution in [3.8, 4) is 0 Å². The van der Waals surface area contributed by atoms with Gasteiger partial charge in [-0.2, -0.15) is 0 Å². The van der Waals surface area contributed by atoms with Gasteiger partial charge in [-0.15, -0.1) is 0 Å². The van der Waals surface area contributed by atoms with Crippen molar-refractivity contribution >= 4 is 22.7 Å². The number of hydrogen-bond donors (Lipinski definition) is 0. The summed E-state index contributed by atoms with van der Waals surface area (Å²) in [7, 11) is 0. The van der Waals surface area contributed by atoms with Gasteiger partial charge in [0.25, 0.3) is 0 Å². The topological polar surface area (TPSA) is 48.3 Å². The van der Waals surface area contributed by atoms with E-state index in [2.05, 4.69) is 24.5 Å². The highest BCUT2D eigenvalue weighted by Gasteiger charge is 2.27. The van der Waals surface area contributed by atoms with E-state index >= 15 is 0 Å². The van der Waals surface area contributed by atoms with Crippen molar-refractivity contribution in [2.75, 3.05) is 6.61 Å². The van der Waals surface area contributed by atoms with E-state index in [1.165, 1.54) is 135 Å². The van der Waals surface area contributed by atoms with Crippen molar-refractivity contribution in [3.05, 3.63) is 35.5 Å². The molecule has 4 nitrogen and oxygen atoms in total. The summed E-state index contributed by atoms with van der Waals surface area (Å²) < 4.78 is 7.59. The molecule has 1 heterocycles. The summed E-state index contributed by atoms with van der Waals surface area (Å²) in [5.74, 6) is -0.272. The number of benzene rings is 1. The standard InChI is InChI=1S/C41H69NO3/c1-4-7-9-11-13-15-17-18-19-20-21-22-24-26-28-34-38(43)39-36-32-29-30-33-37(36)42(40(39)41(44)45-6-3)35-31-27-25-23-16-14-12-10-8-5-2/h29-30,32-33H,4-28,31,34-35H2,1-3H3. The van der Waals surface area contributed by atoms with Gasteiger partial charge in [0.2, 0.25) is 0 Å². The van der Waals surface area contributed by atoms with Crippen LogP contribution in [-0.4, -0.2) is 22.9 Å². The van der Waals surface area contributed by atoms with Gasteiger partial charge in [0, 0.05) is 23.9 Å². The Labute approximate surface area is 277 Å². The van der Waals surface area contributed by atoms with E-state index in [-0.39, 0.29) is 11.8 Å². The van der Waals surface area contributed by atoms with Gasteiger partial charge in [-0.3, -0.25) is 4.79 Å². The van der Waals surface area contributed by atoms with Crippen molar-refractivity contribution < 1.29 is 14.3 Å². The molecular weight excluding hydrogens is 554 g/mol. The number of para-hydroxylation sites is 1. The van der Waals surface area contributed by atoms with Crippen molar-refractivity contribution in [1.29, 1.82) is 0 Å². The quantitative estimate of drug-likeness (QED) is 0.0494. The summed E-state index contributed by atoms with van der Waals surface area (Å²) in [6, 6.07) is 8.05. The highest BCUT2D eigenvalue weighted by atomic mass is 16.5. The van der Waals surface area contributed by atoms with Gasteiger partial charge in [-0.25, -0.2) is 4.79 Å². The fraction of sp³-hybridized carbons (Fsp3) is 0.756. The first-order valence-electron chi connectivity index (χ1n) is 19.5. The monoisotopic (exact) mass is 624 g/mol. The van der Waals surface area contributed by atoms with Gasteiger partial charge in [-0.05, 0) is 25.8 Å². The fourth-order valence-electron chi connectivity index (χ4n) is 6.77. The van der Waals surface area contributed by atoms with E-state index < -0.39 is 0 Å². The summed E-state index contributed by atoms with van der Waals surface area (Å²) >= 11 is 0. The smallest absolute Gasteiger partial charge is 0.355 e. The molecule has 2 rings (SSSR count). The van der Waals surface area contributed by atoms with Crippen LogP contribution in [-0.2, 0) is 11.3 Å². The molecule has 0 bridgehead atoms. The van der Waals surface area contributed by atoms with Crippen LogP contribution in [0.25, 0.3) is 10.9 Å². The number of aromatic nitrogens is 1. The summed E-state index contributed by atoms with van der Waals surface area (Å²) in [4.78, 5) is 26.9. The van der Waals surface area contributed by atoms with Crippen LogP contribution < -0.4 is 0 Å². The first kappa shape index (κ1) is 39.1. The number of unbranched alkanes of at least 4 members (excludes halogenated alkanes) is 23. The molecule has 0 atom stereocenters. The third kappa shape index (κ3) is 15.8. The molecule has 0 saturated carbocycles. The molecule has 45 heavy (non-hydrogen) atoms. The number of nitrogens with zero attached hydrogens (tertiary/aromatic N) is 1. The van der Waals surface area contributed by atoms with Crippen molar-refractivity contribution in [1.82, 2.24) is 4.57 Å². The molecular formula is C41H69NO3. The number of carbonyl (C=O) groups is 2. The zero-order valence-corrected chi connectivity index (χ0v) is 29.8. The molecule has 0 amide bonds. The Morgan fingerprint density at radius 3 is 1.44 bits per heavy atom. The van der Waals surface area contributed by atoms with Crippen LogP contribution in [0, 0.1) is 0 Å². The molecule has 2 aromatic rings. The molecule has 0 N–H and O–H groups in total. The van der Waals surface area contributed by atoms with Crippen molar-refractivity contribution in [2.24, 2.45) is 0 Å². The second kappa shape index (κ2) is 26.0. The largest absolute Gasteiger partial charge is 0.461 e. The zero-order chi connectivity index (χ0) is 32.4. The van der Waals surface area contributed by atoms with E-state index in [0.29, 0.717) is 24.3 Å². The SMILES string of the molecule is CCCCCCCCCCCCCCCCCC(=O)c1c(C(=O)OCC)n(CCCCCCCCCCCC)c2ccccc12. The summed E-state index contributed by atoms with van der Waals surface area (Å²) in [5.41, 5.74) is 2.04. The summed E-state index contributed by atoms with van der Waals surface area (Å²) in [5, 5.41) is 0.901. The minimum absolute atomic E-state index is 0.0887. The first-order chi connectivity index (χ1) is 22.2. The third-order valence-electron chi connectivity index (χ3n) is 9.46. The predicted molar refractivity (Wildman–Crippen MR) is 194 cm³/mol. The number of ether oxygens (including phenoxy) is 1. The van der Waals surface area contributed by atoms with Gasteiger partial charge in [0.15, 0.2) is 5.78 Å². The van der Waals surface area contributed by atoms with Crippen LogP contribution in [0.1, 0.15) is 209 Å². The summed E-state index contributed by atoms with van der Waals surface area (Å²) in [6.07, 6.45) is 32.8. The third-order valence-corrected chi connectivity index (χ3v) is 9.46. The molecule has 4 heteroatoms.